The van der Waals surface area contributed by atoms with Crippen molar-refractivity contribution in [1.82, 2.24) is 5.32 Å². The standard InChI is InChI=1S/C12H21NO3/c1-9(2)16-12(15)13-10-7-5-3-4-6-8-11(10)14/h6,8-11,14H,3-5,7H2,1-2H3,(H,13,15)/b8-6+. The minimum absolute atomic E-state index is 0.138. The van der Waals surface area contributed by atoms with Crippen LogP contribution >= 0.6 is 0 Å². The molecule has 0 aromatic heterocycles. The number of amides is 1. The van der Waals surface area contributed by atoms with Crippen molar-refractivity contribution in [2.75, 3.05) is 0 Å². The van der Waals surface area contributed by atoms with E-state index in [1.807, 2.05) is 6.08 Å². The van der Waals surface area contributed by atoms with E-state index in [-0.39, 0.29) is 12.1 Å². The van der Waals surface area contributed by atoms with Crippen LogP contribution in [-0.2, 0) is 4.74 Å². The number of nitrogens with one attached hydrogen (secondary N) is 1. The Balaban J connectivity index is 2.46. The van der Waals surface area contributed by atoms with Gasteiger partial charge in [0.15, 0.2) is 0 Å². The van der Waals surface area contributed by atoms with E-state index in [1.165, 1.54) is 0 Å². The highest BCUT2D eigenvalue weighted by Crippen LogP contribution is 2.13. The first kappa shape index (κ1) is 13.0. The number of aliphatic hydroxyl groups excluding tert-OH is 1. The molecule has 0 saturated heterocycles. The molecular weight excluding hydrogens is 206 g/mol. The van der Waals surface area contributed by atoms with Gasteiger partial charge in [-0.2, -0.15) is 0 Å². The molecule has 0 radical (unpaired) electrons. The summed E-state index contributed by atoms with van der Waals surface area (Å²) in [5, 5.41) is 12.5. The molecule has 4 nitrogen and oxygen atoms in total. The molecule has 2 unspecified atom stereocenters. The van der Waals surface area contributed by atoms with Crippen molar-refractivity contribution in [3.8, 4) is 0 Å². The van der Waals surface area contributed by atoms with Gasteiger partial charge in [0.2, 0.25) is 0 Å². The average Bonchev–Trinajstić information content (AvgIpc) is 2.16. The van der Waals surface area contributed by atoms with E-state index in [4.69, 9.17) is 4.74 Å². The van der Waals surface area contributed by atoms with Crippen molar-refractivity contribution in [2.24, 2.45) is 0 Å². The molecule has 0 bridgehead atoms. The summed E-state index contributed by atoms with van der Waals surface area (Å²) in [6.07, 6.45) is 6.41. The van der Waals surface area contributed by atoms with Crippen molar-refractivity contribution >= 4 is 6.09 Å². The summed E-state index contributed by atoms with van der Waals surface area (Å²) in [5.41, 5.74) is 0. The van der Waals surface area contributed by atoms with Crippen LogP contribution in [-0.4, -0.2) is 29.4 Å². The summed E-state index contributed by atoms with van der Waals surface area (Å²) in [5.74, 6) is 0. The first-order valence-electron chi connectivity index (χ1n) is 5.91. The van der Waals surface area contributed by atoms with Gasteiger partial charge in [-0.15, -0.1) is 0 Å². The highest BCUT2D eigenvalue weighted by Gasteiger charge is 2.20. The molecule has 0 aromatic carbocycles. The van der Waals surface area contributed by atoms with E-state index in [1.54, 1.807) is 19.9 Å². The van der Waals surface area contributed by atoms with Gasteiger partial charge in [-0.1, -0.05) is 18.6 Å². The Kier molecular flexibility index (Phi) is 5.32. The number of carbonyl (C=O) groups is 1. The monoisotopic (exact) mass is 227 g/mol. The van der Waals surface area contributed by atoms with Gasteiger partial charge in [0.25, 0.3) is 0 Å². The summed E-state index contributed by atoms with van der Waals surface area (Å²) in [7, 11) is 0. The molecule has 1 rings (SSSR count). The van der Waals surface area contributed by atoms with Crippen LogP contribution in [0, 0.1) is 0 Å². The molecule has 1 amide bonds. The third kappa shape index (κ3) is 4.66. The molecular formula is C12H21NO3. The summed E-state index contributed by atoms with van der Waals surface area (Å²) >= 11 is 0. The van der Waals surface area contributed by atoms with E-state index in [9.17, 15) is 9.90 Å². The highest BCUT2D eigenvalue weighted by atomic mass is 16.6. The quantitative estimate of drug-likeness (QED) is 0.709. The molecule has 4 heteroatoms. The molecule has 0 aliphatic heterocycles. The lowest BCUT2D eigenvalue weighted by Gasteiger charge is -2.23. The minimum atomic E-state index is -0.611. The van der Waals surface area contributed by atoms with Crippen LogP contribution in [0.3, 0.4) is 0 Å². The topological polar surface area (TPSA) is 58.6 Å². The number of carbonyl (C=O) groups excluding carboxylic acids is 1. The maximum atomic E-state index is 11.4. The van der Waals surface area contributed by atoms with Gasteiger partial charge in [0.05, 0.1) is 18.2 Å². The fraction of sp³-hybridized carbons (Fsp3) is 0.750. The lowest BCUT2D eigenvalue weighted by atomic mass is 9.99. The molecule has 92 valence electrons. The first-order chi connectivity index (χ1) is 7.59. The summed E-state index contributed by atoms with van der Waals surface area (Å²) in [6.45, 7) is 3.60. The zero-order chi connectivity index (χ0) is 12.0. The normalized spacial score (nSPS) is 28.0. The lowest BCUT2D eigenvalue weighted by Crippen LogP contribution is -2.43. The average molecular weight is 227 g/mol. The molecule has 1 aliphatic carbocycles. The Hall–Kier alpha value is -1.03. The fourth-order valence-corrected chi connectivity index (χ4v) is 1.72. The molecule has 0 heterocycles. The van der Waals surface area contributed by atoms with Crippen LogP contribution in [0.5, 0.6) is 0 Å². The first-order valence-corrected chi connectivity index (χ1v) is 5.91. The number of ether oxygens (including phenoxy) is 1. The van der Waals surface area contributed by atoms with Gasteiger partial charge >= 0.3 is 6.09 Å². The maximum absolute atomic E-state index is 11.4. The van der Waals surface area contributed by atoms with E-state index >= 15 is 0 Å². The third-order valence-electron chi connectivity index (χ3n) is 2.53. The highest BCUT2D eigenvalue weighted by molar-refractivity contribution is 5.67. The summed E-state index contributed by atoms with van der Waals surface area (Å²) in [4.78, 5) is 11.4. The van der Waals surface area contributed by atoms with Gasteiger partial charge in [0.1, 0.15) is 0 Å². The van der Waals surface area contributed by atoms with E-state index in [0.717, 1.165) is 25.7 Å². The second kappa shape index (κ2) is 6.53. The number of hydrogen-bond acceptors (Lipinski definition) is 3. The maximum Gasteiger partial charge on any atom is 0.407 e. The van der Waals surface area contributed by atoms with Crippen molar-refractivity contribution in [3.05, 3.63) is 12.2 Å². The SMILES string of the molecule is CC(C)OC(=O)NC1CCCC/C=C/C1O. The predicted octanol–water partition coefficient (Wildman–Crippen LogP) is 1.98. The van der Waals surface area contributed by atoms with Crippen LogP contribution in [0.15, 0.2) is 12.2 Å². The van der Waals surface area contributed by atoms with Crippen molar-refractivity contribution in [2.45, 2.75) is 57.8 Å². The Morgan fingerprint density at radius 2 is 2.25 bits per heavy atom. The zero-order valence-corrected chi connectivity index (χ0v) is 9.98. The smallest absolute Gasteiger partial charge is 0.407 e. The van der Waals surface area contributed by atoms with Crippen LogP contribution in [0.4, 0.5) is 4.79 Å². The number of aliphatic hydroxyl groups is 1. The molecule has 16 heavy (non-hydrogen) atoms. The van der Waals surface area contributed by atoms with Crippen molar-refractivity contribution in [1.29, 1.82) is 0 Å². The second-order valence-electron chi connectivity index (χ2n) is 4.41. The van der Waals surface area contributed by atoms with Crippen LogP contribution in [0.25, 0.3) is 0 Å². The summed E-state index contributed by atoms with van der Waals surface area (Å²) in [6, 6.07) is -0.234. The predicted molar refractivity (Wildman–Crippen MR) is 62.2 cm³/mol. The van der Waals surface area contributed by atoms with E-state index < -0.39 is 12.2 Å². The molecule has 2 atom stereocenters. The van der Waals surface area contributed by atoms with Crippen LogP contribution in [0.2, 0.25) is 0 Å². The number of alkyl carbamates (subject to hydrolysis) is 1. The Bertz CT molecular complexity index is 251. The van der Waals surface area contributed by atoms with Crippen molar-refractivity contribution < 1.29 is 14.6 Å². The molecule has 0 saturated carbocycles. The van der Waals surface area contributed by atoms with Gasteiger partial charge in [-0.25, -0.2) is 4.79 Å². The fourth-order valence-electron chi connectivity index (χ4n) is 1.72. The molecule has 0 spiro atoms. The van der Waals surface area contributed by atoms with Gasteiger partial charge in [-0.05, 0) is 33.1 Å². The lowest BCUT2D eigenvalue weighted by molar-refractivity contribution is 0.0976. The van der Waals surface area contributed by atoms with Crippen LogP contribution < -0.4 is 5.32 Å². The van der Waals surface area contributed by atoms with Gasteiger partial charge < -0.3 is 15.2 Å². The Morgan fingerprint density at radius 3 is 2.94 bits per heavy atom. The third-order valence-corrected chi connectivity index (χ3v) is 2.53. The number of hydrogen-bond donors (Lipinski definition) is 2. The van der Waals surface area contributed by atoms with Crippen LogP contribution in [0.1, 0.15) is 39.5 Å². The van der Waals surface area contributed by atoms with E-state index in [2.05, 4.69) is 5.32 Å². The molecule has 2 N–H and O–H groups in total. The molecule has 0 fully saturated rings. The summed E-state index contributed by atoms with van der Waals surface area (Å²) < 4.78 is 4.99. The van der Waals surface area contributed by atoms with E-state index in [0.29, 0.717) is 0 Å². The molecule has 1 aliphatic rings. The number of rotatable bonds is 2. The largest absolute Gasteiger partial charge is 0.447 e. The Morgan fingerprint density at radius 1 is 1.50 bits per heavy atom. The van der Waals surface area contributed by atoms with Gasteiger partial charge in [0, 0.05) is 0 Å². The number of allylic oxidation sites excluding steroid dienone is 1. The van der Waals surface area contributed by atoms with Gasteiger partial charge in [-0.3, -0.25) is 0 Å². The molecule has 0 aromatic rings. The van der Waals surface area contributed by atoms with Crippen molar-refractivity contribution in [3.63, 3.8) is 0 Å². The zero-order valence-electron chi connectivity index (χ0n) is 9.98. The minimum Gasteiger partial charge on any atom is -0.447 e. The second-order valence-corrected chi connectivity index (χ2v) is 4.41. The Labute approximate surface area is 96.7 Å².